The molecule has 3 nitrogen and oxygen atoms in total. The topological polar surface area (TPSA) is 42.4 Å². The summed E-state index contributed by atoms with van der Waals surface area (Å²) < 4.78 is 42.2. The highest BCUT2D eigenvalue weighted by atomic mass is 19.3. The van der Waals surface area contributed by atoms with Crippen LogP contribution in [0.25, 0.3) is 0 Å². The summed E-state index contributed by atoms with van der Waals surface area (Å²) in [7, 11) is 1.19. The number of aromatic nitrogens is 1. The van der Waals surface area contributed by atoms with Crippen molar-refractivity contribution < 1.29 is 23.0 Å². The van der Waals surface area contributed by atoms with Gasteiger partial charge in [-0.1, -0.05) is 0 Å². The number of aliphatic hydroxyl groups excluding tert-OH is 1. The summed E-state index contributed by atoms with van der Waals surface area (Å²) in [5, 5.41) is 8.66. The van der Waals surface area contributed by atoms with Crippen molar-refractivity contribution in [2.24, 2.45) is 0 Å². The summed E-state index contributed by atoms with van der Waals surface area (Å²) in [4.78, 5) is 3.22. The summed E-state index contributed by atoms with van der Waals surface area (Å²) >= 11 is 0. The van der Waals surface area contributed by atoms with Gasteiger partial charge in [-0.05, 0) is 0 Å². The van der Waals surface area contributed by atoms with Crippen LogP contribution in [0, 0.1) is 5.95 Å². The maximum atomic E-state index is 13.0. The first-order chi connectivity index (χ1) is 6.60. The second-order valence-electron chi connectivity index (χ2n) is 2.48. The van der Waals surface area contributed by atoms with Crippen LogP contribution in [0.15, 0.2) is 6.07 Å². The van der Waals surface area contributed by atoms with Gasteiger partial charge in [0.2, 0.25) is 11.8 Å². The van der Waals surface area contributed by atoms with E-state index >= 15 is 0 Å². The fourth-order valence-electron chi connectivity index (χ4n) is 0.992. The number of methoxy groups -OCH3 is 1. The smallest absolute Gasteiger partial charge is 0.264 e. The molecule has 14 heavy (non-hydrogen) atoms. The molecule has 1 rings (SSSR count). The lowest BCUT2D eigenvalue weighted by Crippen LogP contribution is -2.03. The Labute approximate surface area is 78.2 Å². The molecule has 1 aromatic rings. The molecule has 0 aliphatic carbocycles. The van der Waals surface area contributed by atoms with Crippen molar-refractivity contribution in [2.75, 3.05) is 7.11 Å². The monoisotopic (exact) mass is 207 g/mol. The molecule has 0 spiro atoms. The van der Waals surface area contributed by atoms with E-state index in [1.165, 1.54) is 7.11 Å². The largest absolute Gasteiger partial charge is 0.481 e. The third kappa shape index (κ3) is 1.95. The minimum Gasteiger partial charge on any atom is -0.481 e. The van der Waals surface area contributed by atoms with E-state index in [0.717, 1.165) is 6.07 Å². The highest BCUT2D eigenvalue weighted by Crippen LogP contribution is 2.27. The standard InChI is InChI=1S/C8H8F3NO2/c1-14-6-2-4(7(9)10)5(3-13)8(11)12-6/h2,7,13H,3H2,1H3. The van der Waals surface area contributed by atoms with E-state index in [1.807, 2.05) is 0 Å². The van der Waals surface area contributed by atoms with E-state index in [-0.39, 0.29) is 5.88 Å². The third-order valence-corrected chi connectivity index (χ3v) is 1.69. The van der Waals surface area contributed by atoms with Crippen LogP contribution in [-0.2, 0) is 6.61 Å². The van der Waals surface area contributed by atoms with Gasteiger partial charge < -0.3 is 9.84 Å². The van der Waals surface area contributed by atoms with Crippen molar-refractivity contribution in [3.05, 3.63) is 23.1 Å². The molecule has 0 fully saturated rings. The molecule has 78 valence electrons. The van der Waals surface area contributed by atoms with Crippen LogP contribution in [0.4, 0.5) is 13.2 Å². The van der Waals surface area contributed by atoms with E-state index in [0.29, 0.717) is 0 Å². The third-order valence-electron chi connectivity index (χ3n) is 1.69. The number of pyridine rings is 1. The van der Waals surface area contributed by atoms with Gasteiger partial charge in [-0.3, -0.25) is 0 Å². The van der Waals surface area contributed by atoms with E-state index in [2.05, 4.69) is 9.72 Å². The van der Waals surface area contributed by atoms with Crippen LogP contribution in [-0.4, -0.2) is 17.2 Å². The predicted molar refractivity (Wildman–Crippen MR) is 41.6 cm³/mol. The molecule has 0 saturated carbocycles. The number of alkyl halides is 2. The lowest BCUT2D eigenvalue weighted by atomic mass is 10.1. The summed E-state index contributed by atoms with van der Waals surface area (Å²) in [6, 6.07) is 0.902. The van der Waals surface area contributed by atoms with Crippen LogP contribution < -0.4 is 4.74 Å². The highest BCUT2D eigenvalue weighted by Gasteiger charge is 2.19. The maximum absolute atomic E-state index is 13.0. The van der Waals surface area contributed by atoms with Gasteiger partial charge in [0.1, 0.15) is 0 Å². The fourth-order valence-corrected chi connectivity index (χ4v) is 0.992. The van der Waals surface area contributed by atoms with Crippen molar-refractivity contribution in [3.8, 4) is 5.88 Å². The van der Waals surface area contributed by atoms with Gasteiger partial charge in [0, 0.05) is 17.2 Å². The minimum atomic E-state index is -2.87. The molecule has 0 unspecified atom stereocenters. The molecular formula is C8H8F3NO2. The van der Waals surface area contributed by atoms with Gasteiger partial charge in [0.15, 0.2) is 0 Å². The van der Waals surface area contributed by atoms with Crippen molar-refractivity contribution in [3.63, 3.8) is 0 Å². The molecule has 0 radical (unpaired) electrons. The van der Waals surface area contributed by atoms with E-state index < -0.39 is 30.1 Å². The van der Waals surface area contributed by atoms with Crippen molar-refractivity contribution >= 4 is 0 Å². The van der Waals surface area contributed by atoms with E-state index in [1.54, 1.807) is 0 Å². The van der Waals surface area contributed by atoms with Gasteiger partial charge >= 0.3 is 0 Å². The number of nitrogens with zero attached hydrogens (tertiary/aromatic N) is 1. The Morgan fingerprint density at radius 1 is 1.57 bits per heavy atom. The quantitative estimate of drug-likeness (QED) is 0.766. The Morgan fingerprint density at radius 2 is 2.21 bits per heavy atom. The number of hydrogen-bond donors (Lipinski definition) is 1. The maximum Gasteiger partial charge on any atom is 0.264 e. The number of ether oxygens (including phenoxy) is 1. The van der Waals surface area contributed by atoms with Crippen LogP contribution in [0.3, 0.4) is 0 Å². The number of rotatable bonds is 3. The van der Waals surface area contributed by atoms with Crippen molar-refractivity contribution in [1.82, 2.24) is 4.98 Å². The number of halogens is 3. The first kappa shape index (κ1) is 10.8. The Morgan fingerprint density at radius 3 is 2.64 bits per heavy atom. The second kappa shape index (κ2) is 4.28. The molecule has 0 bridgehead atoms. The summed E-state index contributed by atoms with van der Waals surface area (Å²) in [5.41, 5.74) is -1.10. The van der Waals surface area contributed by atoms with Crippen molar-refractivity contribution in [1.29, 1.82) is 0 Å². The number of aliphatic hydroxyl groups is 1. The summed E-state index contributed by atoms with van der Waals surface area (Å²) in [6.07, 6.45) is -2.87. The van der Waals surface area contributed by atoms with Gasteiger partial charge in [0.25, 0.3) is 6.43 Å². The highest BCUT2D eigenvalue weighted by molar-refractivity contribution is 5.31. The molecule has 0 aliphatic rings. The normalized spacial score (nSPS) is 10.7. The van der Waals surface area contributed by atoms with E-state index in [9.17, 15) is 13.2 Å². The van der Waals surface area contributed by atoms with Gasteiger partial charge in [-0.2, -0.15) is 9.37 Å². The van der Waals surface area contributed by atoms with Crippen LogP contribution in [0.2, 0.25) is 0 Å². The van der Waals surface area contributed by atoms with E-state index in [4.69, 9.17) is 5.11 Å². The molecule has 0 aromatic carbocycles. The molecule has 0 saturated heterocycles. The van der Waals surface area contributed by atoms with Crippen molar-refractivity contribution in [2.45, 2.75) is 13.0 Å². The zero-order chi connectivity index (χ0) is 10.7. The molecule has 0 atom stereocenters. The van der Waals surface area contributed by atoms with Crippen LogP contribution in [0.5, 0.6) is 5.88 Å². The van der Waals surface area contributed by atoms with Crippen LogP contribution >= 0.6 is 0 Å². The van der Waals surface area contributed by atoms with Crippen LogP contribution in [0.1, 0.15) is 17.6 Å². The van der Waals surface area contributed by atoms with Gasteiger partial charge in [0.05, 0.1) is 13.7 Å². The zero-order valence-corrected chi connectivity index (χ0v) is 7.30. The first-order valence-corrected chi connectivity index (χ1v) is 3.72. The SMILES string of the molecule is COc1cc(C(F)F)c(CO)c(F)n1. The molecule has 1 heterocycles. The summed E-state index contributed by atoms with van der Waals surface area (Å²) in [6.45, 7) is -0.817. The lowest BCUT2D eigenvalue weighted by molar-refractivity contribution is 0.145. The number of hydrogen-bond acceptors (Lipinski definition) is 3. The average molecular weight is 207 g/mol. The molecular weight excluding hydrogens is 199 g/mol. The Bertz CT molecular complexity index is 331. The summed E-state index contributed by atoms with van der Waals surface area (Å²) in [5.74, 6) is -1.38. The second-order valence-corrected chi connectivity index (χ2v) is 2.48. The van der Waals surface area contributed by atoms with Gasteiger partial charge in [-0.15, -0.1) is 0 Å². The predicted octanol–water partition coefficient (Wildman–Crippen LogP) is 1.66. The zero-order valence-electron chi connectivity index (χ0n) is 7.30. The Kier molecular flexibility index (Phi) is 3.29. The molecule has 6 heteroatoms. The first-order valence-electron chi connectivity index (χ1n) is 3.72. The minimum absolute atomic E-state index is 0.241. The Balaban J connectivity index is 3.28. The molecule has 1 aromatic heterocycles. The molecule has 1 N–H and O–H groups in total. The molecule has 0 amide bonds. The van der Waals surface area contributed by atoms with Gasteiger partial charge in [-0.25, -0.2) is 8.78 Å². The Hall–Kier alpha value is -1.30. The molecule has 0 aliphatic heterocycles. The fraction of sp³-hybridized carbons (Fsp3) is 0.375. The lowest BCUT2D eigenvalue weighted by Gasteiger charge is -2.08. The average Bonchev–Trinajstić information content (AvgIpc) is 2.16.